The number of rotatable bonds is 10. The van der Waals surface area contributed by atoms with E-state index in [-0.39, 0.29) is 12.1 Å². The van der Waals surface area contributed by atoms with Gasteiger partial charge in [0.25, 0.3) is 0 Å². The van der Waals surface area contributed by atoms with Gasteiger partial charge in [0, 0.05) is 5.25 Å². The summed E-state index contributed by atoms with van der Waals surface area (Å²) >= 11 is 2.00. The van der Waals surface area contributed by atoms with Crippen LogP contribution in [0, 0.1) is 5.92 Å². The summed E-state index contributed by atoms with van der Waals surface area (Å²) in [6.45, 7) is 10.1. The standard InChI is InChI=1S/C18H31NOS/c1-5-12-19-18(14-20,17-9-7-6-8-10-17)11-13-21-16(4)15(2)3/h6-10,15-16,19-20H,5,11-14H2,1-4H3. The number of thioether (sulfide) groups is 1. The van der Waals surface area contributed by atoms with Crippen molar-refractivity contribution in [3.63, 3.8) is 0 Å². The zero-order valence-electron chi connectivity index (χ0n) is 13.9. The lowest BCUT2D eigenvalue weighted by Gasteiger charge is -2.34. The van der Waals surface area contributed by atoms with Crippen LogP contribution >= 0.6 is 11.8 Å². The molecule has 2 unspecified atom stereocenters. The fourth-order valence-electron chi connectivity index (χ4n) is 2.29. The molecule has 1 rings (SSSR count). The molecule has 0 amide bonds. The first-order chi connectivity index (χ1) is 10.1. The van der Waals surface area contributed by atoms with Crippen LogP contribution in [0.5, 0.6) is 0 Å². The molecule has 0 aliphatic heterocycles. The normalized spacial score (nSPS) is 15.9. The Balaban J connectivity index is 2.76. The molecule has 2 nitrogen and oxygen atoms in total. The van der Waals surface area contributed by atoms with Crippen LogP contribution in [-0.4, -0.2) is 29.3 Å². The van der Waals surface area contributed by atoms with Gasteiger partial charge >= 0.3 is 0 Å². The zero-order chi connectivity index (χ0) is 15.7. The van der Waals surface area contributed by atoms with Crippen molar-refractivity contribution in [1.82, 2.24) is 5.32 Å². The Morgan fingerprint density at radius 3 is 2.38 bits per heavy atom. The summed E-state index contributed by atoms with van der Waals surface area (Å²) in [7, 11) is 0. The molecule has 21 heavy (non-hydrogen) atoms. The van der Waals surface area contributed by atoms with E-state index in [4.69, 9.17) is 0 Å². The van der Waals surface area contributed by atoms with E-state index in [2.05, 4.69) is 57.3 Å². The van der Waals surface area contributed by atoms with Gasteiger partial charge in [-0.3, -0.25) is 0 Å². The lowest BCUT2D eigenvalue weighted by Crippen LogP contribution is -2.46. The lowest BCUT2D eigenvalue weighted by molar-refractivity contribution is 0.157. The van der Waals surface area contributed by atoms with Crippen LogP contribution in [0.25, 0.3) is 0 Å². The number of benzene rings is 1. The first kappa shape index (κ1) is 18.5. The predicted molar refractivity (Wildman–Crippen MR) is 94.9 cm³/mol. The molecule has 1 aromatic rings. The molecule has 0 saturated carbocycles. The predicted octanol–water partition coefficient (Wildman–Crippen LogP) is 4.04. The first-order valence-electron chi connectivity index (χ1n) is 8.08. The third kappa shape index (κ3) is 5.65. The Bertz CT molecular complexity index is 382. The average Bonchev–Trinajstić information content (AvgIpc) is 2.51. The number of aliphatic hydroxyl groups excluding tert-OH is 1. The van der Waals surface area contributed by atoms with Crippen molar-refractivity contribution < 1.29 is 5.11 Å². The Morgan fingerprint density at radius 2 is 1.86 bits per heavy atom. The van der Waals surface area contributed by atoms with Crippen molar-refractivity contribution in [3.05, 3.63) is 35.9 Å². The molecule has 2 N–H and O–H groups in total. The highest BCUT2D eigenvalue weighted by atomic mass is 32.2. The molecule has 0 bridgehead atoms. The fraction of sp³-hybridized carbons (Fsp3) is 0.667. The lowest BCUT2D eigenvalue weighted by atomic mass is 9.88. The molecule has 120 valence electrons. The van der Waals surface area contributed by atoms with E-state index in [1.807, 2.05) is 17.8 Å². The summed E-state index contributed by atoms with van der Waals surface area (Å²) in [5.41, 5.74) is 0.889. The Hall–Kier alpha value is -0.510. The molecule has 0 spiro atoms. The maximum Gasteiger partial charge on any atom is 0.0677 e. The summed E-state index contributed by atoms with van der Waals surface area (Å²) in [5.74, 6) is 1.75. The minimum absolute atomic E-state index is 0.146. The highest BCUT2D eigenvalue weighted by Crippen LogP contribution is 2.29. The Kier molecular flexibility index (Phi) is 8.38. The van der Waals surface area contributed by atoms with Crippen molar-refractivity contribution in [2.45, 2.75) is 51.3 Å². The second kappa shape index (κ2) is 9.50. The van der Waals surface area contributed by atoms with Crippen molar-refractivity contribution in [2.24, 2.45) is 5.92 Å². The van der Waals surface area contributed by atoms with E-state index >= 15 is 0 Å². The maximum atomic E-state index is 10.1. The van der Waals surface area contributed by atoms with Gasteiger partial charge in [0.1, 0.15) is 0 Å². The van der Waals surface area contributed by atoms with E-state index in [1.165, 1.54) is 5.56 Å². The van der Waals surface area contributed by atoms with Crippen molar-refractivity contribution in [3.8, 4) is 0 Å². The summed E-state index contributed by atoms with van der Waals surface area (Å²) in [6.07, 6.45) is 2.03. The number of hydrogen-bond acceptors (Lipinski definition) is 3. The van der Waals surface area contributed by atoms with Crippen LogP contribution in [-0.2, 0) is 5.54 Å². The molecule has 1 aromatic carbocycles. The quantitative estimate of drug-likeness (QED) is 0.684. The van der Waals surface area contributed by atoms with E-state index < -0.39 is 0 Å². The SMILES string of the molecule is CCCNC(CO)(CCSC(C)C(C)C)c1ccccc1. The monoisotopic (exact) mass is 309 g/mol. The maximum absolute atomic E-state index is 10.1. The van der Waals surface area contributed by atoms with Crippen molar-refractivity contribution in [1.29, 1.82) is 0 Å². The van der Waals surface area contributed by atoms with Gasteiger partial charge in [-0.2, -0.15) is 11.8 Å². The van der Waals surface area contributed by atoms with E-state index in [9.17, 15) is 5.11 Å². The zero-order valence-corrected chi connectivity index (χ0v) is 14.7. The van der Waals surface area contributed by atoms with Crippen LogP contribution in [0.1, 0.15) is 46.1 Å². The summed E-state index contributed by atoms with van der Waals surface area (Å²) in [4.78, 5) is 0. The number of hydrogen-bond donors (Lipinski definition) is 2. The molecule has 0 aliphatic carbocycles. The van der Waals surface area contributed by atoms with Gasteiger partial charge in [-0.1, -0.05) is 58.0 Å². The number of aliphatic hydroxyl groups is 1. The van der Waals surface area contributed by atoms with Gasteiger partial charge in [0.2, 0.25) is 0 Å². The third-order valence-corrected chi connectivity index (χ3v) is 5.67. The van der Waals surface area contributed by atoms with Crippen LogP contribution in [0.15, 0.2) is 30.3 Å². The Morgan fingerprint density at radius 1 is 1.19 bits per heavy atom. The average molecular weight is 310 g/mol. The first-order valence-corrected chi connectivity index (χ1v) is 9.13. The summed E-state index contributed by atoms with van der Waals surface area (Å²) in [5, 5.41) is 14.3. The van der Waals surface area contributed by atoms with Crippen molar-refractivity contribution in [2.75, 3.05) is 18.9 Å². The molecule has 0 saturated heterocycles. The molecule has 0 radical (unpaired) electrons. The third-order valence-electron chi connectivity index (χ3n) is 4.16. The highest BCUT2D eigenvalue weighted by Gasteiger charge is 2.30. The van der Waals surface area contributed by atoms with E-state index in [0.717, 1.165) is 25.1 Å². The minimum atomic E-state index is -0.305. The molecule has 0 heterocycles. The van der Waals surface area contributed by atoms with E-state index in [0.29, 0.717) is 11.2 Å². The summed E-state index contributed by atoms with van der Waals surface area (Å²) in [6, 6.07) is 10.4. The van der Waals surface area contributed by atoms with Gasteiger partial charge in [0.15, 0.2) is 0 Å². The minimum Gasteiger partial charge on any atom is -0.394 e. The second-order valence-electron chi connectivity index (χ2n) is 6.10. The summed E-state index contributed by atoms with van der Waals surface area (Å²) < 4.78 is 0. The molecule has 3 heteroatoms. The highest BCUT2D eigenvalue weighted by molar-refractivity contribution is 7.99. The molecule has 0 fully saturated rings. The van der Waals surface area contributed by atoms with Crippen LogP contribution < -0.4 is 5.32 Å². The van der Waals surface area contributed by atoms with Crippen LogP contribution in [0.2, 0.25) is 0 Å². The molecular weight excluding hydrogens is 278 g/mol. The van der Waals surface area contributed by atoms with Crippen LogP contribution in [0.4, 0.5) is 0 Å². The van der Waals surface area contributed by atoms with Gasteiger partial charge in [-0.05, 0) is 36.6 Å². The Labute approximate surface area is 134 Å². The van der Waals surface area contributed by atoms with Crippen LogP contribution in [0.3, 0.4) is 0 Å². The van der Waals surface area contributed by atoms with Gasteiger partial charge < -0.3 is 10.4 Å². The largest absolute Gasteiger partial charge is 0.394 e. The van der Waals surface area contributed by atoms with Gasteiger partial charge in [0.05, 0.1) is 12.1 Å². The molecule has 2 atom stereocenters. The van der Waals surface area contributed by atoms with Gasteiger partial charge in [-0.25, -0.2) is 0 Å². The fourth-order valence-corrected chi connectivity index (χ4v) is 3.52. The molecule has 0 aliphatic rings. The number of nitrogens with one attached hydrogen (secondary N) is 1. The molecule has 0 aromatic heterocycles. The smallest absolute Gasteiger partial charge is 0.0677 e. The van der Waals surface area contributed by atoms with Crippen molar-refractivity contribution >= 4 is 11.8 Å². The molecular formula is C18H31NOS. The second-order valence-corrected chi connectivity index (χ2v) is 7.59. The van der Waals surface area contributed by atoms with Gasteiger partial charge in [-0.15, -0.1) is 0 Å². The van der Waals surface area contributed by atoms with E-state index in [1.54, 1.807) is 0 Å². The topological polar surface area (TPSA) is 32.3 Å².